The molecule has 0 N–H and O–H groups in total. The zero-order valence-electron chi connectivity index (χ0n) is 16.2. The van der Waals surface area contributed by atoms with Gasteiger partial charge in [-0.1, -0.05) is 47.7 Å². The van der Waals surface area contributed by atoms with Crippen LogP contribution in [0.3, 0.4) is 0 Å². The molecule has 0 aliphatic heterocycles. The largest absolute Gasteiger partial charge is 0.278 e. The third-order valence-electron chi connectivity index (χ3n) is 4.57. The van der Waals surface area contributed by atoms with Crippen LogP contribution in [0.5, 0.6) is 0 Å². The van der Waals surface area contributed by atoms with Crippen molar-refractivity contribution in [3.05, 3.63) is 77.6 Å². The normalized spacial score (nSPS) is 11.3. The van der Waals surface area contributed by atoms with E-state index in [4.69, 9.17) is 4.98 Å². The Kier molecular flexibility index (Phi) is 4.96. The topological polar surface area (TPSA) is 51.0 Å². The van der Waals surface area contributed by atoms with Gasteiger partial charge in [-0.15, -0.1) is 0 Å². The lowest BCUT2D eigenvalue weighted by molar-refractivity contribution is 0.0973. The van der Waals surface area contributed by atoms with E-state index in [1.54, 1.807) is 33.2 Å². The second-order valence-electron chi connectivity index (χ2n) is 7.10. The van der Waals surface area contributed by atoms with Crippen molar-refractivity contribution in [1.82, 2.24) is 14.8 Å². The fourth-order valence-electron chi connectivity index (χ4n) is 3.16. The van der Waals surface area contributed by atoms with Crippen LogP contribution in [-0.2, 0) is 6.54 Å². The highest BCUT2D eigenvalue weighted by atomic mass is 32.1. The lowest BCUT2D eigenvalue weighted by Crippen LogP contribution is -2.32. The summed E-state index contributed by atoms with van der Waals surface area (Å²) in [6.45, 7) is 6.56. The number of carbonyl (C=O) groups excluding carboxylic acids is 1. The Labute approximate surface area is 168 Å². The predicted molar refractivity (Wildman–Crippen MR) is 114 cm³/mol. The summed E-state index contributed by atoms with van der Waals surface area (Å²) in [4.78, 5) is 20.0. The molecule has 0 spiro atoms. The first-order chi connectivity index (χ1) is 13.5. The number of aromatic nitrogens is 3. The highest BCUT2D eigenvalue weighted by molar-refractivity contribution is 7.22. The summed E-state index contributed by atoms with van der Waals surface area (Å²) < 4.78 is 2.84. The molecule has 6 heteroatoms. The summed E-state index contributed by atoms with van der Waals surface area (Å²) in [7, 11) is 0. The molecule has 4 aromatic rings. The quantitative estimate of drug-likeness (QED) is 0.469. The summed E-state index contributed by atoms with van der Waals surface area (Å²) in [5, 5.41) is 5.03. The summed E-state index contributed by atoms with van der Waals surface area (Å²) in [5.74, 6) is -0.0918. The first kappa shape index (κ1) is 18.4. The second kappa shape index (κ2) is 7.56. The van der Waals surface area contributed by atoms with Crippen molar-refractivity contribution in [1.29, 1.82) is 0 Å². The van der Waals surface area contributed by atoms with Crippen LogP contribution in [0.4, 0.5) is 5.13 Å². The van der Waals surface area contributed by atoms with Crippen molar-refractivity contribution in [3.8, 4) is 0 Å². The van der Waals surface area contributed by atoms with Crippen molar-refractivity contribution in [2.75, 3.05) is 4.90 Å². The predicted octanol–water partition coefficient (Wildman–Crippen LogP) is 5.23. The second-order valence-corrected chi connectivity index (χ2v) is 8.11. The highest BCUT2D eigenvalue weighted by Crippen LogP contribution is 2.31. The van der Waals surface area contributed by atoms with Gasteiger partial charge in [0, 0.05) is 12.2 Å². The van der Waals surface area contributed by atoms with Gasteiger partial charge in [0.2, 0.25) is 0 Å². The number of nitrogens with zero attached hydrogens (tertiary/aromatic N) is 4. The zero-order valence-corrected chi connectivity index (χ0v) is 17.0. The molecule has 0 bridgehead atoms. The van der Waals surface area contributed by atoms with E-state index in [0.717, 1.165) is 15.8 Å². The van der Waals surface area contributed by atoms with E-state index in [1.807, 2.05) is 56.3 Å². The minimum absolute atomic E-state index is 0.0918. The Balaban J connectivity index is 1.78. The van der Waals surface area contributed by atoms with Crippen molar-refractivity contribution < 1.29 is 4.79 Å². The zero-order chi connectivity index (χ0) is 19.7. The molecule has 5 nitrogen and oxygen atoms in total. The molecule has 0 unspecified atom stereocenters. The molecule has 142 valence electrons. The highest BCUT2D eigenvalue weighted by Gasteiger charge is 2.25. The number of benzene rings is 2. The Morgan fingerprint density at radius 2 is 1.93 bits per heavy atom. The van der Waals surface area contributed by atoms with Crippen LogP contribution < -0.4 is 4.90 Å². The molecule has 28 heavy (non-hydrogen) atoms. The van der Waals surface area contributed by atoms with Gasteiger partial charge in [0.05, 0.1) is 16.8 Å². The molecule has 0 saturated heterocycles. The van der Waals surface area contributed by atoms with Crippen molar-refractivity contribution in [2.45, 2.75) is 33.4 Å². The summed E-state index contributed by atoms with van der Waals surface area (Å²) in [6.07, 6.45) is 1.68. The third kappa shape index (κ3) is 3.55. The number of thiazole rings is 1. The number of rotatable bonds is 5. The first-order valence-corrected chi connectivity index (χ1v) is 10.1. The first-order valence-electron chi connectivity index (χ1n) is 9.29. The lowest BCUT2D eigenvalue weighted by Gasteiger charge is -2.21. The number of anilines is 1. The molecule has 0 saturated carbocycles. The van der Waals surface area contributed by atoms with E-state index < -0.39 is 0 Å². The van der Waals surface area contributed by atoms with Crippen LogP contribution >= 0.6 is 11.3 Å². The maximum atomic E-state index is 13.5. The fourth-order valence-corrected chi connectivity index (χ4v) is 4.22. The standard InChI is InChI=1S/C22H22N4OS/c1-15(2)26-19(11-12-23-26)21(27)25(14-17-7-5-4-6-8-17)22-24-18-10-9-16(3)13-20(18)28-22/h4-13,15H,14H2,1-3H3. The third-order valence-corrected chi connectivity index (χ3v) is 5.61. The molecular formula is C22H22N4OS. The number of fused-ring (bicyclic) bond motifs is 1. The van der Waals surface area contributed by atoms with Crippen LogP contribution in [0.15, 0.2) is 60.8 Å². The van der Waals surface area contributed by atoms with Gasteiger partial charge in [0.15, 0.2) is 5.13 Å². The van der Waals surface area contributed by atoms with E-state index in [2.05, 4.69) is 18.1 Å². The minimum Gasteiger partial charge on any atom is -0.278 e. The van der Waals surface area contributed by atoms with Crippen molar-refractivity contribution >= 4 is 32.6 Å². The van der Waals surface area contributed by atoms with E-state index in [9.17, 15) is 4.79 Å². The van der Waals surface area contributed by atoms with Gasteiger partial charge in [0.25, 0.3) is 5.91 Å². The van der Waals surface area contributed by atoms with Crippen molar-refractivity contribution in [2.24, 2.45) is 0 Å². The average Bonchev–Trinajstić information content (AvgIpc) is 3.33. The maximum Gasteiger partial charge on any atom is 0.278 e. The summed E-state index contributed by atoms with van der Waals surface area (Å²) >= 11 is 1.54. The number of aryl methyl sites for hydroxylation is 1. The number of hydrogen-bond donors (Lipinski definition) is 0. The van der Waals surface area contributed by atoms with E-state index in [0.29, 0.717) is 17.4 Å². The van der Waals surface area contributed by atoms with Gasteiger partial charge < -0.3 is 0 Å². The smallest absolute Gasteiger partial charge is 0.278 e. The Bertz CT molecular complexity index is 1110. The Morgan fingerprint density at radius 3 is 2.68 bits per heavy atom. The Morgan fingerprint density at radius 1 is 1.14 bits per heavy atom. The molecular weight excluding hydrogens is 368 g/mol. The van der Waals surface area contributed by atoms with Crippen LogP contribution in [0.1, 0.15) is 41.5 Å². The van der Waals surface area contributed by atoms with Gasteiger partial charge in [-0.25, -0.2) is 4.98 Å². The fraction of sp³-hybridized carbons (Fsp3) is 0.227. The van der Waals surface area contributed by atoms with Gasteiger partial charge in [-0.05, 0) is 50.1 Å². The van der Waals surface area contributed by atoms with Crippen LogP contribution in [0.2, 0.25) is 0 Å². The molecule has 4 rings (SSSR count). The summed E-state index contributed by atoms with van der Waals surface area (Å²) in [6, 6.07) is 18.0. The maximum absolute atomic E-state index is 13.5. The molecule has 0 aliphatic carbocycles. The van der Waals surface area contributed by atoms with Crippen LogP contribution in [-0.4, -0.2) is 20.7 Å². The average molecular weight is 391 g/mol. The number of hydrogen-bond acceptors (Lipinski definition) is 4. The Hall–Kier alpha value is -2.99. The number of amides is 1. The van der Waals surface area contributed by atoms with E-state index in [1.165, 1.54) is 5.56 Å². The molecule has 2 aromatic carbocycles. The van der Waals surface area contributed by atoms with Gasteiger partial charge in [-0.2, -0.15) is 5.10 Å². The van der Waals surface area contributed by atoms with E-state index in [-0.39, 0.29) is 11.9 Å². The van der Waals surface area contributed by atoms with Crippen LogP contribution in [0, 0.1) is 6.92 Å². The lowest BCUT2D eigenvalue weighted by atomic mass is 10.2. The molecule has 0 fully saturated rings. The van der Waals surface area contributed by atoms with E-state index >= 15 is 0 Å². The molecule has 0 atom stereocenters. The minimum atomic E-state index is -0.0918. The molecule has 1 amide bonds. The molecule has 0 aliphatic rings. The summed E-state index contributed by atoms with van der Waals surface area (Å²) in [5.41, 5.74) is 3.72. The van der Waals surface area contributed by atoms with Gasteiger partial charge in [-0.3, -0.25) is 14.4 Å². The van der Waals surface area contributed by atoms with Gasteiger partial charge >= 0.3 is 0 Å². The van der Waals surface area contributed by atoms with Crippen LogP contribution in [0.25, 0.3) is 10.2 Å². The monoisotopic (exact) mass is 390 g/mol. The van der Waals surface area contributed by atoms with Crippen molar-refractivity contribution in [3.63, 3.8) is 0 Å². The number of carbonyl (C=O) groups is 1. The molecule has 0 radical (unpaired) electrons. The molecule has 2 heterocycles. The SMILES string of the molecule is Cc1ccc2nc(N(Cc3ccccc3)C(=O)c3ccnn3C(C)C)sc2c1. The van der Waals surface area contributed by atoms with Gasteiger partial charge in [0.1, 0.15) is 5.69 Å². The molecule has 2 aromatic heterocycles.